The minimum atomic E-state index is -0.147. The van der Waals surface area contributed by atoms with E-state index in [4.69, 9.17) is 4.74 Å². The Morgan fingerprint density at radius 2 is 2.21 bits per heavy atom. The van der Waals surface area contributed by atoms with E-state index in [0.29, 0.717) is 5.56 Å². The molecule has 0 radical (unpaired) electrons. The normalized spacial score (nSPS) is 16.8. The number of ether oxygens (including phenoxy) is 1. The molecule has 3 rings (SSSR count). The molecule has 1 saturated heterocycles. The molecule has 0 aliphatic carbocycles. The molecule has 3 heterocycles. The molecule has 1 fully saturated rings. The fourth-order valence-corrected chi connectivity index (χ4v) is 3.03. The van der Waals surface area contributed by atoms with Crippen molar-refractivity contribution in [1.29, 1.82) is 0 Å². The Labute approximate surface area is 142 Å². The molecule has 6 nitrogen and oxygen atoms in total. The summed E-state index contributed by atoms with van der Waals surface area (Å²) in [7, 11) is 0. The number of amides is 1. The molecular weight excluding hydrogens is 304 g/mol. The minimum absolute atomic E-state index is 0.0886. The van der Waals surface area contributed by atoms with Crippen LogP contribution in [0.5, 0.6) is 0 Å². The molecule has 2 aromatic heterocycles. The van der Waals surface area contributed by atoms with Gasteiger partial charge in [-0.3, -0.25) is 14.5 Å². The number of hydrogen-bond acceptors (Lipinski definition) is 4. The van der Waals surface area contributed by atoms with Gasteiger partial charge in [-0.2, -0.15) is 5.10 Å². The van der Waals surface area contributed by atoms with Gasteiger partial charge in [-0.1, -0.05) is 6.07 Å². The molecule has 6 heteroatoms. The lowest BCUT2D eigenvalue weighted by Gasteiger charge is -2.21. The Balaban J connectivity index is 1.79. The summed E-state index contributed by atoms with van der Waals surface area (Å²) in [5, 5.41) is 7.68. The van der Waals surface area contributed by atoms with Crippen LogP contribution in [0.3, 0.4) is 0 Å². The van der Waals surface area contributed by atoms with Crippen molar-refractivity contribution in [2.24, 2.45) is 0 Å². The first kappa shape index (κ1) is 16.6. The number of rotatable bonds is 5. The van der Waals surface area contributed by atoms with Gasteiger partial charge in [-0.05, 0) is 38.8 Å². The van der Waals surface area contributed by atoms with Crippen LogP contribution in [0.4, 0.5) is 0 Å². The topological polar surface area (TPSA) is 69.0 Å². The summed E-state index contributed by atoms with van der Waals surface area (Å²) in [4.78, 5) is 17.1. The number of carbonyl (C=O) groups excluding carboxylic acids is 1. The zero-order valence-corrected chi connectivity index (χ0v) is 14.2. The number of aryl methyl sites for hydroxylation is 1. The van der Waals surface area contributed by atoms with Crippen LogP contribution < -0.4 is 5.32 Å². The van der Waals surface area contributed by atoms with Crippen molar-refractivity contribution < 1.29 is 9.53 Å². The summed E-state index contributed by atoms with van der Waals surface area (Å²) in [5.41, 5.74) is 2.42. The van der Waals surface area contributed by atoms with Crippen LogP contribution in [-0.4, -0.2) is 33.9 Å². The van der Waals surface area contributed by atoms with E-state index in [1.807, 2.05) is 42.9 Å². The van der Waals surface area contributed by atoms with Gasteiger partial charge >= 0.3 is 0 Å². The molecule has 1 aliphatic rings. The molecule has 1 aliphatic heterocycles. The van der Waals surface area contributed by atoms with E-state index in [-0.39, 0.29) is 17.9 Å². The summed E-state index contributed by atoms with van der Waals surface area (Å²) in [5.74, 6) is 0.201. The second-order valence-corrected chi connectivity index (χ2v) is 6.12. The first-order chi connectivity index (χ1) is 11.7. The van der Waals surface area contributed by atoms with Crippen molar-refractivity contribution in [2.75, 3.05) is 13.2 Å². The number of hydrogen-bond donors (Lipinski definition) is 1. The highest BCUT2D eigenvalue weighted by atomic mass is 16.5. The molecule has 0 aromatic carbocycles. The van der Waals surface area contributed by atoms with Gasteiger partial charge in [0.25, 0.3) is 5.91 Å². The molecule has 1 unspecified atom stereocenters. The van der Waals surface area contributed by atoms with E-state index in [1.54, 1.807) is 6.20 Å². The maximum Gasteiger partial charge on any atom is 0.255 e. The van der Waals surface area contributed by atoms with Gasteiger partial charge in [0.05, 0.1) is 23.0 Å². The van der Waals surface area contributed by atoms with Crippen LogP contribution in [0.2, 0.25) is 0 Å². The fourth-order valence-electron chi connectivity index (χ4n) is 3.03. The van der Waals surface area contributed by atoms with Crippen LogP contribution in [0, 0.1) is 0 Å². The minimum Gasteiger partial charge on any atom is -0.381 e. The molecule has 0 saturated carbocycles. The average molecular weight is 328 g/mol. The van der Waals surface area contributed by atoms with Gasteiger partial charge in [0.15, 0.2) is 0 Å². The van der Waals surface area contributed by atoms with Crippen molar-refractivity contribution in [3.63, 3.8) is 0 Å². The third-order valence-electron chi connectivity index (χ3n) is 4.45. The smallest absolute Gasteiger partial charge is 0.255 e. The summed E-state index contributed by atoms with van der Waals surface area (Å²) >= 11 is 0. The van der Waals surface area contributed by atoms with Crippen molar-refractivity contribution in [1.82, 2.24) is 20.1 Å². The molecule has 24 heavy (non-hydrogen) atoms. The Morgan fingerprint density at radius 3 is 2.88 bits per heavy atom. The Hall–Kier alpha value is -2.21. The van der Waals surface area contributed by atoms with Crippen molar-refractivity contribution >= 4 is 5.91 Å². The Bertz CT molecular complexity index is 678. The molecule has 1 N–H and O–H groups in total. The Kier molecular flexibility index (Phi) is 5.25. The standard InChI is InChI=1S/C18H24N4O2/c1-3-22-12-15(17(21-22)14-7-10-24-11-8-14)18(23)20-13(2)16-6-4-5-9-19-16/h4-6,9,12-14H,3,7-8,10-11H2,1-2H3,(H,20,23). The molecule has 128 valence electrons. The molecule has 0 bridgehead atoms. The van der Waals surface area contributed by atoms with Crippen LogP contribution in [0.15, 0.2) is 30.6 Å². The van der Waals surface area contributed by atoms with Crippen LogP contribution in [0.1, 0.15) is 60.4 Å². The van der Waals surface area contributed by atoms with Gasteiger partial charge in [-0.25, -0.2) is 0 Å². The third-order valence-corrected chi connectivity index (χ3v) is 4.45. The molecule has 1 amide bonds. The van der Waals surface area contributed by atoms with Crippen molar-refractivity contribution in [3.05, 3.63) is 47.5 Å². The average Bonchev–Trinajstić information content (AvgIpc) is 3.08. The van der Waals surface area contributed by atoms with Crippen LogP contribution in [-0.2, 0) is 11.3 Å². The number of nitrogens with one attached hydrogen (secondary N) is 1. The van der Waals surface area contributed by atoms with Crippen molar-refractivity contribution in [2.45, 2.75) is 45.2 Å². The Morgan fingerprint density at radius 1 is 1.42 bits per heavy atom. The first-order valence-corrected chi connectivity index (χ1v) is 8.56. The summed E-state index contributed by atoms with van der Waals surface area (Å²) in [6, 6.07) is 5.56. The van der Waals surface area contributed by atoms with Gasteiger partial charge in [0.1, 0.15) is 0 Å². The quantitative estimate of drug-likeness (QED) is 0.916. The molecule has 1 atom stereocenters. The summed E-state index contributed by atoms with van der Waals surface area (Å²) in [6.07, 6.45) is 5.42. The SMILES string of the molecule is CCn1cc(C(=O)NC(C)c2ccccn2)c(C2CCOCC2)n1. The van der Waals surface area contributed by atoms with Gasteiger partial charge < -0.3 is 10.1 Å². The lowest BCUT2D eigenvalue weighted by molar-refractivity contribution is 0.0831. The molecule has 2 aromatic rings. The highest BCUT2D eigenvalue weighted by Crippen LogP contribution is 2.28. The number of nitrogens with zero attached hydrogens (tertiary/aromatic N) is 3. The number of pyridine rings is 1. The van der Waals surface area contributed by atoms with Crippen LogP contribution in [0.25, 0.3) is 0 Å². The van der Waals surface area contributed by atoms with Crippen LogP contribution >= 0.6 is 0 Å². The maximum atomic E-state index is 12.8. The fraction of sp³-hybridized carbons (Fsp3) is 0.500. The van der Waals surface area contributed by atoms with E-state index >= 15 is 0 Å². The largest absolute Gasteiger partial charge is 0.381 e. The first-order valence-electron chi connectivity index (χ1n) is 8.56. The van der Waals surface area contributed by atoms with E-state index in [0.717, 1.165) is 44.0 Å². The van der Waals surface area contributed by atoms with Gasteiger partial charge in [0, 0.05) is 38.1 Å². The zero-order valence-electron chi connectivity index (χ0n) is 14.2. The highest BCUT2D eigenvalue weighted by Gasteiger charge is 2.26. The predicted molar refractivity (Wildman–Crippen MR) is 90.8 cm³/mol. The summed E-state index contributed by atoms with van der Waals surface area (Å²) < 4.78 is 7.27. The van der Waals surface area contributed by atoms with E-state index in [1.165, 1.54) is 0 Å². The second kappa shape index (κ2) is 7.57. The zero-order chi connectivity index (χ0) is 16.9. The van der Waals surface area contributed by atoms with E-state index < -0.39 is 0 Å². The van der Waals surface area contributed by atoms with Gasteiger partial charge in [-0.15, -0.1) is 0 Å². The highest BCUT2D eigenvalue weighted by molar-refractivity contribution is 5.95. The lowest BCUT2D eigenvalue weighted by atomic mass is 9.93. The van der Waals surface area contributed by atoms with E-state index in [2.05, 4.69) is 15.4 Å². The van der Waals surface area contributed by atoms with Crippen molar-refractivity contribution in [3.8, 4) is 0 Å². The van der Waals surface area contributed by atoms with Gasteiger partial charge in [0.2, 0.25) is 0 Å². The lowest BCUT2D eigenvalue weighted by Crippen LogP contribution is -2.28. The maximum absolute atomic E-state index is 12.8. The number of carbonyl (C=O) groups is 1. The third kappa shape index (κ3) is 3.64. The molecule has 0 spiro atoms. The van der Waals surface area contributed by atoms with E-state index in [9.17, 15) is 4.79 Å². The molecular formula is C18H24N4O2. The predicted octanol–water partition coefficient (Wildman–Crippen LogP) is 2.68. The summed E-state index contributed by atoms with van der Waals surface area (Å²) in [6.45, 7) is 6.18. The monoisotopic (exact) mass is 328 g/mol. The second-order valence-electron chi connectivity index (χ2n) is 6.12. The number of aromatic nitrogens is 3.